The van der Waals surface area contributed by atoms with Gasteiger partial charge in [-0.05, 0) is 18.6 Å². The summed E-state index contributed by atoms with van der Waals surface area (Å²) in [6.07, 6.45) is 0.425. The summed E-state index contributed by atoms with van der Waals surface area (Å²) >= 11 is 0. The number of hydrogen-bond donors (Lipinski definition) is 3. The predicted octanol–water partition coefficient (Wildman–Crippen LogP) is 1.44. The lowest BCUT2D eigenvalue weighted by molar-refractivity contribution is -0.137. The van der Waals surface area contributed by atoms with Gasteiger partial charge in [0.25, 0.3) is 0 Å². The Bertz CT molecular complexity index is 504. The van der Waals surface area contributed by atoms with Gasteiger partial charge in [-0.1, -0.05) is 0 Å². The van der Waals surface area contributed by atoms with Crippen LogP contribution in [0.2, 0.25) is 0 Å². The number of carboxylic acid groups (broad SMARTS) is 1. The fourth-order valence-electron chi connectivity index (χ4n) is 1.74. The van der Waals surface area contributed by atoms with Crippen LogP contribution in [0.25, 0.3) is 0 Å². The molecule has 1 aliphatic rings. The number of ether oxygens (including phenoxy) is 2. The number of aliphatic carboxylic acids is 1. The van der Waals surface area contributed by atoms with Gasteiger partial charge in [0.05, 0.1) is 0 Å². The smallest absolute Gasteiger partial charge is 0.319 e. The van der Waals surface area contributed by atoms with Crippen molar-refractivity contribution in [1.82, 2.24) is 5.32 Å². The molecule has 0 atom stereocenters. The van der Waals surface area contributed by atoms with Crippen molar-refractivity contribution in [1.29, 1.82) is 0 Å². The number of carbonyl (C=O) groups excluding carboxylic acids is 1. The second kappa shape index (κ2) is 6.65. The lowest BCUT2D eigenvalue weighted by atomic mass is 10.2. The van der Waals surface area contributed by atoms with Crippen LogP contribution < -0.4 is 20.1 Å². The van der Waals surface area contributed by atoms with E-state index in [1.54, 1.807) is 18.2 Å². The third-order valence-corrected chi connectivity index (χ3v) is 2.65. The number of benzene rings is 1. The standard InChI is InChI=1S/C13H16N2O5/c16-12(17)2-1-5-14-13(18)15-9-3-4-10-11(8-9)20-7-6-19-10/h3-4,8H,1-2,5-7H2,(H,16,17)(H2,14,15,18). The molecule has 0 radical (unpaired) electrons. The molecule has 1 heterocycles. The average Bonchev–Trinajstić information content (AvgIpc) is 2.43. The van der Waals surface area contributed by atoms with Crippen molar-refractivity contribution in [2.45, 2.75) is 12.8 Å². The van der Waals surface area contributed by atoms with Crippen molar-refractivity contribution in [3.8, 4) is 11.5 Å². The molecule has 7 heteroatoms. The van der Waals surface area contributed by atoms with E-state index >= 15 is 0 Å². The lowest BCUT2D eigenvalue weighted by Gasteiger charge is -2.19. The number of rotatable bonds is 5. The predicted molar refractivity (Wildman–Crippen MR) is 71.3 cm³/mol. The van der Waals surface area contributed by atoms with E-state index in [1.165, 1.54) is 0 Å². The molecule has 0 aliphatic carbocycles. The normalized spacial score (nSPS) is 12.6. The Morgan fingerprint density at radius 2 is 1.95 bits per heavy atom. The van der Waals surface area contributed by atoms with Gasteiger partial charge < -0.3 is 25.2 Å². The van der Waals surface area contributed by atoms with Crippen molar-refractivity contribution >= 4 is 17.7 Å². The van der Waals surface area contributed by atoms with Crippen LogP contribution in [0.15, 0.2) is 18.2 Å². The molecule has 20 heavy (non-hydrogen) atoms. The molecule has 0 saturated heterocycles. The molecule has 1 aromatic carbocycles. The van der Waals surface area contributed by atoms with E-state index < -0.39 is 5.97 Å². The van der Waals surface area contributed by atoms with Crippen LogP contribution in [0.3, 0.4) is 0 Å². The highest BCUT2D eigenvalue weighted by molar-refractivity contribution is 5.89. The molecular weight excluding hydrogens is 264 g/mol. The zero-order valence-corrected chi connectivity index (χ0v) is 10.8. The van der Waals surface area contributed by atoms with Crippen LogP contribution in [0.1, 0.15) is 12.8 Å². The number of carboxylic acids is 1. The Hall–Kier alpha value is -2.44. The fourth-order valence-corrected chi connectivity index (χ4v) is 1.74. The second-order valence-corrected chi connectivity index (χ2v) is 4.24. The Labute approximate surface area is 115 Å². The number of fused-ring (bicyclic) bond motifs is 1. The molecule has 0 bridgehead atoms. The maximum absolute atomic E-state index is 11.6. The van der Waals surface area contributed by atoms with Crippen LogP contribution in [0.4, 0.5) is 10.5 Å². The molecule has 0 fully saturated rings. The minimum Gasteiger partial charge on any atom is -0.486 e. The minimum absolute atomic E-state index is 0.0320. The van der Waals surface area contributed by atoms with Crippen LogP contribution in [-0.2, 0) is 4.79 Å². The van der Waals surface area contributed by atoms with Crippen LogP contribution in [-0.4, -0.2) is 36.9 Å². The van der Waals surface area contributed by atoms with Gasteiger partial charge in [0.1, 0.15) is 13.2 Å². The summed E-state index contributed by atoms with van der Waals surface area (Å²) in [7, 11) is 0. The first-order chi connectivity index (χ1) is 9.65. The number of nitrogens with one attached hydrogen (secondary N) is 2. The summed E-state index contributed by atoms with van der Waals surface area (Å²) in [5.41, 5.74) is 0.588. The van der Waals surface area contributed by atoms with Gasteiger partial charge in [0, 0.05) is 24.7 Å². The highest BCUT2D eigenvalue weighted by Crippen LogP contribution is 2.32. The van der Waals surface area contributed by atoms with Crippen molar-refractivity contribution < 1.29 is 24.2 Å². The summed E-state index contributed by atoms with van der Waals surface area (Å²) in [4.78, 5) is 21.9. The Morgan fingerprint density at radius 3 is 2.70 bits per heavy atom. The largest absolute Gasteiger partial charge is 0.486 e. The van der Waals surface area contributed by atoms with Gasteiger partial charge in [-0.2, -0.15) is 0 Å². The summed E-state index contributed by atoms with van der Waals surface area (Å²) in [6.45, 7) is 1.31. The number of carbonyl (C=O) groups is 2. The van der Waals surface area contributed by atoms with Gasteiger partial charge in [-0.3, -0.25) is 4.79 Å². The van der Waals surface area contributed by atoms with Crippen LogP contribution >= 0.6 is 0 Å². The zero-order valence-electron chi connectivity index (χ0n) is 10.8. The summed E-state index contributed by atoms with van der Waals surface area (Å²) < 4.78 is 10.8. The lowest BCUT2D eigenvalue weighted by Crippen LogP contribution is -2.29. The first-order valence-electron chi connectivity index (χ1n) is 6.31. The van der Waals surface area contributed by atoms with Gasteiger partial charge in [-0.25, -0.2) is 4.79 Å². The molecule has 108 valence electrons. The number of urea groups is 1. The monoisotopic (exact) mass is 280 g/mol. The Kier molecular flexibility index (Phi) is 4.65. The maximum atomic E-state index is 11.6. The Balaban J connectivity index is 1.80. The third kappa shape index (κ3) is 4.04. The van der Waals surface area contributed by atoms with Crippen molar-refractivity contribution in [2.24, 2.45) is 0 Å². The second-order valence-electron chi connectivity index (χ2n) is 4.24. The van der Waals surface area contributed by atoms with E-state index in [0.717, 1.165) is 0 Å². The molecule has 1 aromatic rings. The highest BCUT2D eigenvalue weighted by Gasteiger charge is 2.12. The SMILES string of the molecule is O=C(O)CCCNC(=O)Nc1ccc2c(c1)OCCO2. The van der Waals surface area contributed by atoms with Crippen molar-refractivity contribution in [3.63, 3.8) is 0 Å². The summed E-state index contributed by atoms with van der Waals surface area (Å²) in [5.74, 6) is 0.377. The molecule has 1 aliphatic heterocycles. The number of hydrogen-bond acceptors (Lipinski definition) is 4. The molecule has 0 saturated carbocycles. The highest BCUT2D eigenvalue weighted by atomic mass is 16.6. The maximum Gasteiger partial charge on any atom is 0.319 e. The number of anilines is 1. The van der Waals surface area contributed by atoms with E-state index in [-0.39, 0.29) is 12.5 Å². The first kappa shape index (κ1) is 14.0. The van der Waals surface area contributed by atoms with E-state index in [9.17, 15) is 9.59 Å². The molecule has 0 spiro atoms. The molecule has 3 N–H and O–H groups in total. The molecule has 0 unspecified atom stereocenters. The Morgan fingerprint density at radius 1 is 1.20 bits per heavy atom. The fraction of sp³-hybridized carbons (Fsp3) is 0.385. The minimum atomic E-state index is -0.876. The molecule has 7 nitrogen and oxygen atoms in total. The average molecular weight is 280 g/mol. The molecular formula is C13H16N2O5. The number of amides is 2. The topological polar surface area (TPSA) is 96.9 Å². The molecule has 2 rings (SSSR count). The van der Waals surface area contributed by atoms with Gasteiger partial charge >= 0.3 is 12.0 Å². The van der Waals surface area contributed by atoms with Crippen molar-refractivity contribution in [3.05, 3.63) is 18.2 Å². The van der Waals surface area contributed by atoms with Crippen LogP contribution in [0, 0.1) is 0 Å². The van der Waals surface area contributed by atoms with E-state index in [0.29, 0.717) is 43.4 Å². The quantitative estimate of drug-likeness (QED) is 0.709. The van der Waals surface area contributed by atoms with E-state index in [2.05, 4.69) is 10.6 Å². The van der Waals surface area contributed by atoms with E-state index in [1.807, 2.05) is 0 Å². The molecule has 2 amide bonds. The summed E-state index contributed by atoms with van der Waals surface area (Å²) in [5, 5.41) is 13.7. The van der Waals surface area contributed by atoms with Crippen molar-refractivity contribution in [2.75, 3.05) is 25.1 Å². The van der Waals surface area contributed by atoms with Gasteiger partial charge in [-0.15, -0.1) is 0 Å². The molecule has 0 aromatic heterocycles. The third-order valence-electron chi connectivity index (χ3n) is 2.65. The van der Waals surface area contributed by atoms with Gasteiger partial charge in [0.15, 0.2) is 11.5 Å². The summed E-state index contributed by atoms with van der Waals surface area (Å²) in [6, 6.07) is 4.75. The van der Waals surface area contributed by atoms with E-state index in [4.69, 9.17) is 14.6 Å². The van der Waals surface area contributed by atoms with Gasteiger partial charge in [0.2, 0.25) is 0 Å². The first-order valence-corrected chi connectivity index (χ1v) is 6.31. The van der Waals surface area contributed by atoms with Crippen LogP contribution in [0.5, 0.6) is 11.5 Å². The zero-order chi connectivity index (χ0) is 14.4.